The Morgan fingerprint density at radius 3 is 2.47 bits per heavy atom. The van der Waals surface area contributed by atoms with Gasteiger partial charge in [-0.25, -0.2) is 0 Å². The smallest absolute Gasteiger partial charge is 0.0212 e. The molecule has 0 bridgehead atoms. The van der Waals surface area contributed by atoms with Gasteiger partial charge in [0.05, 0.1) is 0 Å². The SMILES string of the molecule is C=C=C(C)CCC=C(C)CCCC(C)C. The highest BCUT2D eigenvalue weighted by Crippen LogP contribution is 2.13. The van der Waals surface area contributed by atoms with E-state index in [1.807, 2.05) is 0 Å². The lowest BCUT2D eigenvalue weighted by Gasteiger charge is -2.04. The average Bonchev–Trinajstić information content (AvgIpc) is 2.17. The van der Waals surface area contributed by atoms with E-state index in [1.54, 1.807) is 0 Å². The van der Waals surface area contributed by atoms with E-state index in [0.717, 1.165) is 18.8 Å². The molecule has 86 valence electrons. The van der Waals surface area contributed by atoms with E-state index in [9.17, 15) is 0 Å². The first-order valence-corrected chi connectivity index (χ1v) is 6.07. The molecule has 0 aromatic rings. The van der Waals surface area contributed by atoms with Crippen molar-refractivity contribution in [3.63, 3.8) is 0 Å². The van der Waals surface area contributed by atoms with Gasteiger partial charge in [-0.1, -0.05) is 38.5 Å². The zero-order chi connectivity index (χ0) is 11.7. The van der Waals surface area contributed by atoms with Gasteiger partial charge < -0.3 is 0 Å². The predicted octanol–water partition coefficient (Wildman–Crippen LogP) is 5.27. The summed E-state index contributed by atoms with van der Waals surface area (Å²) in [6, 6.07) is 0. The van der Waals surface area contributed by atoms with Crippen LogP contribution in [-0.4, -0.2) is 0 Å². The second kappa shape index (κ2) is 8.56. The molecule has 0 aliphatic heterocycles. The zero-order valence-electron chi connectivity index (χ0n) is 10.9. The zero-order valence-corrected chi connectivity index (χ0v) is 10.9. The Balaban J connectivity index is 3.65. The topological polar surface area (TPSA) is 0 Å². The number of hydrogen-bond acceptors (Lipinski definition) is 0. The van der Waals surface area contributed by atoms with E-state index in [0.29, 0.717) is 0 Å². The van der Waals surface area contributed by atoms with Crippen molar-refractivity contribution >= 4 is 0 Å². The van der Waals surface area contributed by atoms with E-state index in [1.165, 1.54) is 30.4 Å². The van der Waals surface area contributed by atoms with Gasteiger partial charge in [0, 0.05) is 0 Å². The highest BCUT2D eigenvalue weighted by Gasteiger charge is 1.95. The molecule has 0 nitrogen and oxygen atoms in total. The molecular weight excluding hydrogens is 180 g/mol. The molecule has 0 heteroatoms. The van der Waals surface area contributed by atoms with Crippen molar-refractivity contribution in [1.29, 1.82) is 0 Å². The molecule has 0 saturated heterocycles. The second-order valence-electron chi connectivity index (χ2n) is 4.83. The Labute approximate surface area is 95.8 Å². The molecule has 0 aliphatic rings. The fourth-order valence-corrected chi connectivity index (χ4v) is 1.51. The largest absolute Gasteiger partial charge is 0.130 e. The highest BCUT2D eigenvalue weighted by atomic mass is 14.0. The molecular formula is C15H26. The standard InChI is InChI=1S/C15H26/c1-6-14(4)10-8-12-15(5)11-7-9-13(2)3/h12-13H,1,7-11H2,2-5H3. The van der Waals surface area contributed by atoms with Gasteiger partial charge in [-0.3, -0.25) is 0 Å². The van der Waals surface area contributed by atoms with Crippen LogP contribution in [-0.2, 0) is 0 Å². The molecule has 0 spiro atoms. The minimum atomic E-state index is 0.837. The lowest BCUT2D eigenvalue weighted by Crippen LogP contribution is -1.87. The fourth-order valence-electron chi connectivity index (χ4n) is 1.51. The first-order valence-electron chi connectivity index (χ1n) is 6.07. The minimum Gasteiger partial charge on any atom is -0.130 e. The van der Waals surface area contributed by atoms with Crippen molar-refractivity contribution in [2.75, 3.05) is 0 Å². The van der Waals surface area contributed by atoms with Crippen LogP contribution >= 0.6 is 0 Å². The van der Waals surface area contributed by atoms with Crippen LogP contribution in [0.2, 0.25) is 0 Å². The lowest BCUT2D eigenvalue weighted by molar-refractivity contribution is 0.554. The highest BCUT2D eigenvalue weighted by molar-refractivity contribution is 5.02. The van der Waals surface area contributed by atoms with E-state index in [2.05, 4.69) is 46.1 Å². The van der Waals surface area contributed by atoms with E-state index in [-0.39, 0.29) is 0 Å². The first-order chi connectivity index (χ1) is 7.06. The molecule has 0 aromatic heterocycles. The third-order valence-electron chi connectivity index (χ3n) is 2.67. The minimum absolute atomic E-state index is 0.837. The van der Waals surface area contributed by atoms with Gasteiger partial charge in [0.2, 0.25) is 0 Å². The van der Waals surface area contributed by atoms with Gasteiger partial charge in [0.25, 0.3) is 0 Å². The van der Waals surface area contributed by atoms with Gasteiger partial charge in [-0.2, -0.15) is 0 Å². The summed E-state index contributed by atoms with van der Waals surface area (Å²) in [5, 5.41) is 0. The van der Waals surface area contributed by atoms with Gasteiger partial charge in [-0.05, 0) is 51.0 Å². The van der Waals surface area contributed by atoms with Crippen LogP contribution in [0, 0.1) is 5.92 Å². The molecule has 0 fully saturated rings. The molecule has 0 rings (SSSR count). The maximum Gasteiger partial charge on any atom is -0.0212 e. The molecule has 0 aliphatic carbocycles. The summed E-state index contributed by atoms with van der Waals surface area (Å²) in [7, 11) is 0. The summed E-state index contributed by atoms with van der Waals surface area (Å²) in [6.07, 6.45) is 8.54. The van der Waals surface area contributed by atoms with E-state index >= 15 is 0 Å². The van der Waals surface area contributed by atoms with Gasteiger partial charge in [-0.15, -0.1) is 5.73 Å². The Morgan fingerprint density at radius 1 is 1.27 bits per heavy atom. The third kappa shape index (κ3) is 9.56. The summed E-state index contributed by atoms with van der Waals surface area (Å²) < 4.78 is 0. The molecule has 0 atom stereocenters. The van der Waals surface area contributed by atoms with E-state index in [4.69, 9.17) is 0 Å². The molecule has 0 aromatic carbocycles. The summed E-state index contributed by atoms with van der Waals surface area (Å²) in [5.41, 5.74) is 5.73. The third-order valence-corrected chi connectivity index (χ3v) is 2.67. The normalized spacial score (nSPS) is 11.7. The molecule has 0 amide bonds. The van der Waals surface area contributed by atoms with Gasteiger partial charge in [0.15, 0.2) is 0 Å². The van der Waals surface area contributed by atoms with Gasteiger partial charge >= 0.3 is 0 Å². The van der Waals surface area contributed by atoms with Gasteiger partial charge in [0.1, 0.15) is 0 Å². The molecule has 0 heterocycles. The molecule has 15 heavy (non-hydrogen) atoms. The monoisotopic (exact) mass is 206 g/mol. The number of hydrogen-bond donors (Lipinski definition) is 0. The van der Waals surface area contributed by atoms with Crippen LogP contribution in [0.4, 0.5) is 0 Å². The van der Waals surface area contributed by atoms with Crippen molar-refractivity contribution in [3.05, 3.63) is 29.5 Å². The summed E-state index contributed by atoms with van der Waals surface area (Å²) in [4.78, 5) is 0. The molecule has 0 unspecified atom stereocenters. The summed E-state index contributed by atoms with van der Waals surface area (Å²) in [5.74, 6) is 0.837. The molecule has 0 saturated carbocycles. The fraction of sp³-hybridized carbons (Fsp3) is 0.667. The van der Waals surface area contributed by atoms with Crippen LogP contribution < -0.4 is 0 Å². The number of allylic oxidation sites excluding steroid dienone is 3. The molecule has 0 radical (unpaired) electrons. The molecule has 0 N–H and O–H groups in total. The Hall–Kier alpha value is -0.740. The Morgan fingerprint density at radius 2 is 1.93 bits per heavy atom. The van der Waals surface area contributed by atoms with Crippen molar-refractivity contribution < 1.29 is 0 Å². The second-order valence-corrected chi connectivity index (χ2v) is 4.83. The quantitative estimate of drug-likeness (QED) is 0.393. The lowest BCUT2D eigenvalue weighted by atomic mass is 10.0. The number of rotatable bonds is 7. The maximum atomic E-state index is 3.64. The van der Waals surface area contributed by atoms with Crippen molar-refractivity contribution in [2.45, 2.75) is 59.8 Å². The van der Waals surface area contributed by atoms with E-state index < -0.39 is 0 Å². The van der Waals surface area contributed by atoms with Crippen molar-refractivity contribution in [2.24, 2.45) is 5.92 Å². The van der Waals surface area contributed by atoms with Crippen LogP contribution in [0.5, 0.6) is 0 Å². The van der Waals surface area contributed by atoms with Crippen molar-refractivity contribution in [3.8, 4) is 0 Å². The van der Waals surface area contributed by atoms with Crippen LogP contribution in [0.1, 0.15) is 59.8 Å². The summed E-state index contributed by atoms with van der Waals surface area (Å²) >= 11 is 0. The Bertz CT molecular complexity index is 237. The Kier molecular flexibility index (Phi) is 8.14. The van der Waals surface area contributed by atoms with Crippen LogP contribution in [0.15, 0.2) is 29.5 Å². The predicted molar refractivity (Wildman–Crippen MR) is 70.0 cm³/mol. The first kappa shape index (κ1) is 14.3. The van der Waals surface area contributed by atoms with Crippen LogP contribution in [0.25, 0.3) is 0 Å². The average molecular weight is 206 g/mol. The summed E-state index contributed by atoms with van der Waals surface area (Å²) in [6.45, 7) is 12.6. The van der Waals surface area contributed by atoms with Crippen LogP contribution in [0.3, 0.4) is 0 Å². The maximum absolute atomic E-state index is 3.64. The van der Waals surface area contributed by atoms with Crippen molar-refractivity contribution in [1.82, 2.24) is 0 Å².